The van der Waals surface area contributed by atoms with Crippen LogP contribution in [0.1, 0.15) is 73.6 Å². The SMILES string of the molecule is CCC(=O)[C@H](CC(=O)N[C@@H]1OC(CC)C(O[C@@H]2OC(CO)C(O[C@@H]3OC(CO[C@H]4OC(CO)C(O)[C@H](O)C4C4OC(CO)C(O[C@@H]5OC(CO)C(O)[C@H](O)C5O)[C@H](O)C4C)C(O)[C@H](O[C@H]4O[C@@H](CO)[C@@H](O)C(O)C4C[C@@H]4O[C@@H](CO)[C@@H](O)C(O[C@H]5C[C@@H](O)C(O)C(CO)O5)C4NC(C)=O)C3O)[C@H](O)C2NC(C)=O)[C@H](O)C1NC(C)=O)NC. The molecule has 117 heavy (non-hydrogen) atoms. The molecule has 9 heterocycles. The first kappa shape index (κ1) is 96.8. The van der Waals surface area contributed by atoms with E-state index in [9.17, 15) is 136 Å². The predicted molar refractivity (Wildman–Crippen MR) is 377 cm³/mol. The van der Waals surface area contributed by atoms with Crippen molar-refractivity contribution in [2.24, 2.45) is 17.8 Å². The van der Waals surface area contributed by atoms with E-state index < -0.39 is 364 Å². The van der Waals surface area contributed by atoms with Crippen LogP contribution in [0, 0.1) is 17.8 Å². The largest absolute Gasteiger partial charge is 0.394 e. The molecule has 47 heteroatoms. The molecule has 9 aliphatic heterocycles. The molecule has 0 aromatic carbocycles. The molecule has 0 radical (unpaired) electrons. The number of carbonyl (C=O) groups is 5. The number of Topliss-reactive ketones (excluding diaryl/α,β-unsaturated/α-hetero) is 1. The van der Waals surface area contributed by atoms with Crippen molar-refractivity contribution in [1.29, 1.82) is 0 Å². The average Bonchev–Trinajstić information content (AvgIpc) is 0.765. The van der Waals surface area contributed by atoms with Gasteiger partial charge in [0.25, 0.3) is 0 Å². The molecule has 25 unspecified atom stereocenters. The van der Waals surface area contributed by atoms with Crippen molar-refractivity contribution in [3.05, 3.63) is 0 Å². The third-order valence-electron chi connectivity index (χ3n) is 23.1. The minimum atomic E-state index is -2.47. The topological polar surface area (TPSA) is 729 Å². The van der Waals surface area contributed by atoms with Gasteiger partial charge in [-0.1, -0.05) is 20.8 Å². The first-order chi connectivity index (χ1) is 55.5. The molecule has 9 aliphatic rings. The lowest BCUT2D eigenvalue weighted by atomic mass is 9.76. The van der Waals surface area contributed by atoms with Crippen LogP contribution < -0.4 is 26.6 Å². The molecule has 47 nitrogen and oxygen atoms in total. The smallest absolute Gasteiger partial charge is 0.224 e. The average molecular weight is 1700 g/mol. The fourth-order valence-electron chi connectivity index (χ4n) is 16.6. The maximum atomic E-state index is 13.5. The van der Waals surface area contributed by atoms with Crippen LogP contribution in [-0.2, 0) is 95.0 Å². The standard InChI is InChI=1S/C70H119N5O42/c1-8-27(86)26(71-7)11-39(88)75-65-43(73-23(5)84)54(98)60(29(9-2)107-65)114-68-44(74-24(6)85)55(99)62(37(19-82)111-68)116-70-58(102)64(117-66-25(46(90)48(92)32(14-77)108-66)10-30-42(72-22(4)83)63(51(95)35(17-80)104-30)113-40-12-28(87)47(91)31(13-76)105-40)52(96)38(112-70)20-103-67-41(53(97)49(93)33(15-78)109-67)59-21(3)45(89)61(36(18-81)106-59)115-69-57(101)56(100)50(94)34(16-79)110-69/h21,25-26,28-38,40-71,76-82,87,89-102H,8-20H2,1-7H3,(H,72,83)(H,73,84)(H,74,85)(H,75,88)/t21?,25?,26-,28+,29?,30-,31?,32-,33?,34?,35-,36?,37?,38?,40-,41?,42?,43?,44?,45+,46?,47?,48+,49?,50?,51+,52?,53+,54+,55+,56-,57?,58?,59?,60?,61?,62?,63?,64-,65+,66+,67-,68-,69-,70-/m0/s1. The third kappa shape index (κ3) is 21.9. The highest BCUT2D eigenvalue weighted by Crippen LogP contribution is 2.44. The molecule has 9 saturated heterocycles. The monoisotopic (exact) mass is 1700 g/mol. The molecular formula is C70H119N5O42. The van der Waals surface area contributed by atoms with Gasteiger partial charge in [-0.15, -0.1) is 0 Å². The van der Waals surface area contributed by atoms with E-state index in [4.69, 9.17) is 71.1 Å². The van der Waals surface area contributed by atoms with E-state index in [1.54, 1.807) is 13.8 Å². The highest BCUT2D eigenvalue weighted by Gasteiger charge is 2.61. The number of rotatable bonds is 33. The molecule has 0 aromatic rings. The highest BCUT2D eigenvalue weighted by atomic mass is 16.8. The fourth-order valence-corrected chi connectivity index (χ4v) is 16.6. The van der Waals surface area contributed by atoms with Gasteiger partial charge in [-0.3, -0.25) is 24.0 Å². The Balaban J connectivity index is 1.06. The molecule has 0 saturated carbocycles. The number of hydrogen-bond acceptors (Lipinski definition) is 43. The van der Waals surface area contributed by atoms with Gasteiger partial charge >= 0.3 is 0 Å². The van der Waals surface area contributed by atoms with Gasteiger partial charge in [-0.05, 0) is 19.9 Å². The molecular weight excluding hydrogens is 1580 g/mol. The summed E-state index contributed by atoms with van der Waals surface area (Å²) in [5, 5.41) is 261. The molecule has 0 aliphatic carbocycles. The van der Waals surface area contributed by atoms with Crippen LogP contribution in [0.3, 0.4) is 0 Å². The molecule has 9 rings (SSSR count). The van der Waals surface area contributed by atoms with E-state index in [1.807, 2.05) is 0 Å². The van der Waals surface area contributed by atoms with Crippen LogP contribution in [0.15, 0.2) is 0 Å². The number of aliphatic hydroxyl groups excluding tert-OH is 22. The van der Waals surface area contributed by atoms with Gasteiger partial charge in [-0.2, -0.15) is 0 Å². The van der Waals surface area contributed by atoms with Crippen molar-refractivity contribution in [3.8, 4) is 0 Å². The Bertz CT molecular complexity index is 3130. The second kappa shape index (κ2) is 43.1. The van der Waals surface area contributed by atoms with E-state index >= 15 is 0 Å². The van der Waals surface area contributed by atoms with Crippen LogP contribution in [-0.4, -0.2) is 459 Å². The summed E-state index contributed by atoms with van der Waals surface area (Å²) in [7, 11) is 1.47. The van der Waals surface area contributed by atoms with Crippen LogP contribution in [0.5, 0.6) is 0 Å². The summed E-state index contributed by atoms with van der Waals surface area (Å²) in [6.45, 7) is -0.371. The Kier molecular flexibility index (Phi) is 35.7. The quantitative estimate of drug-likeness (QED) is 0.0290. The predicted octanol–water partition coefficient (Wildman–Crippen LogP) is -15.5. The number of likely N-dealkylation sites (N-methyl/N-ethyl adjacent to an activating group) is 1. The minimum absolute atomic E-state index is 0.0162. The van der Waals surface area contributed by atoms with Crippen molar-refractivity contribution in [2.75, 3.05) is 59.9 Å². The van der Waals surface area contributed by atoms with Crippen molar-refractivity contribution in [3.63, 3.8) is 0 Å². The number of carbonyl (C=O) groups excluding carboxylic acids is 5. The van der Waals surface area contributed by atoms with Crippen molar-refractivity contribution < 1.29 is 207 Å². The van der Waals surface area contributed by atoms with E-state index in [1.165, 1.54) is 14.0 Å². The molecule has 0 spiro atoms. The molecule has 45 atom stereocenters. The number of hydrogen-bond donors (Lipinski definition) is 27. The third-order valence-corrected chi connectivity index (χ3v) is 23.1. The van der Waals surface area contributed by atoms with Crippen LogP contribution in [0.2, 0.25) is 0 Å². The Morgan fingerprint density at radius 1 is 0.393 bits per heavy atom. The van der Waals surface area contributed by atoms with Gasteiger partial charge in [0.05, 0.1) is 114 Å². The van der Waals surface area contributed by atoms with E-state index in [2.05, 4.69) is 26.6 Å². The summed E-state index contributed by atoms with van der Waals surface area (Å²) >= 11 is 0. The maximum Gasteiger partial charge on any atom is 0.224 e. The Morgan fingerprint density at radius 3 is 1.43 bits per heavy atom. The first-order valence-corrected chi connectivity index (χ1v) is 39.0. The zero-order valence-electron chi connectivity index (χ0n) is 65.2. The van der Waals surface area contributed by atoms with Gasteiger partial charge in [0, 0.05) is 51.9 Å². The summed E-state index contributed by atoms with van der Waals surface area (Å²) in [6.07, 6.45) is -72.1. The summed E-state index contributed by atoms with van der Waals surface area (Å²) in [6, 6.07) is -5.87. The van der Waals surface area contributed by atoms with Crippen molar-refractivity contribution >= 4 is 29.4 Å². The summed E-state index contributed by atoms with van der Waals surface area (Å²) in [5.74, 6) is -8.30. The first-order valence-electron chi connectivity index (χ1n) is 39.0. The molecule has 27 N–H and O–H groups in total. The normalized spacial score (nSPS) is 46.9. The van der Waals surface area contributed by atoms with Gasteiger partial charge in [-0.25, -0.2) is 0 Å². The van der Waals surface area contributed by atoms with Gasteiger partial charge in [0.1, 0.15) is 164 Å². The van der Waals surface area contributed by atoms with E-state index in [-0.39, 0.29) is 25.0 Å². The lowest BCUT2D eigenvalue weighted by Crippen LogP contribution is -2.71. The second-order valence-electron chi connectivity index (χ2n) is 30.9. The maximum absolute atomic E-state index is 13.5. The lowest BCUT2D eigenvalue weighted by molar-refractivity contribution is -0.383. The molecule has 0 bridgehead atoms. The van der Waals surface area contributed by atoms with Gasteiger partial charge < -0.3 is 210 Å². The molecule has 676 valence electrons. The highest BCUT2D eigenvalue weighted by molar-refractivity contribution is 5.89. The lowest BCUT2D eigenvalue weighted by Gasteiger charge is -2.52. The number of ketones is 1. The zero-order chi connectivity index (χ0) is 86.2. The number of nitrogens with one attached hydrogen (secondary N) is 5. The van der Waals surface area contributed by atoms with Crippen molar-refractivity contribution in [2.45, 2.75) is 331 Å². The van der Waals surface area contributed by atoms with Crippen LogP contribution in [0.4, 0.5) is 0 Å². The molecule has 4 amide bonds. The number of amides is 4. The molecule has 0 aromatic heterocycles. The van der Waals surface area contributed by atoms with Crippen LogP contribution >= 0.6 is 0 Å². The fraction of sp³-hybridized carbons (Fsp3) is 0.929. The molecule has 9 fully saturated rings. The minimum Gasteiger partial charge on any atom is -0.394 e. The summed E-state index contributed by atoms with van der Waals surface area (Å²) in [5.41, 5.74) is 0. The van der Waals surface area contributed by atoms with Gasteiger partial charge in [0.15, 0.2) is 44.0 Å². The second-order valence-corrected chi connectivity index (χ2v) is 30.9. The Morgan fingerprint density at radius 2 is 0.855 bits per heavy atom. The summed E-state index contributed by atoms with van der Waals surface area (Å²) in [4.78, 5) is 65.3. The Labute approximate surface area is 670 Å². The van der Waals surface area contributed by atoms with Crippen molar-refractivity contribution in [1.82, 2.24) is 26.6 Å². The van der Waals surface area contributed by atoms with E-state index in [0.29, 0.717) is 0 Å². The van der Waals surface area contributed by atoms with E-state index in [0.717, 1.165) is 20.8 Å². The summed E-state index contributed by atoms with van der Waals surface area (Å²) < 4.78 is 92.3. The zero-order valence-corrected chi connectivity index (χ0v) is 65.2. The van der Waals surface area contributed by atoms with Gasteiger partial charge in [0.2, 0.25) is 23.6 Å². The number of ether oxygens (including phenoxy) is 15. The Hall–Kier alpha value is -3.97. The van der Waals surface area contributed by atoms with Crippen LogP contribution in [0.25, 0.3) is 0 Å². The number of aliphatic hydroxyl groups is 22.